The number of benzene rings is 1. The molecule has 20 heavy (non-hydrogen) atoms. The average molecular weight is 306 g/mol. The summed E-state index contributed by atoms with van der Waals surface area (Å²) in [6.07, 6.45) is 8.90. The van der Waals surface area contributed by atoms with Crippen molar-refractivity contribution in [1.82, 2.24) is 0 Å². The van der Waals surface area contributed by atoms with E-state index < -0.39 is 0 Å². The maximum atomic E-state index is 6.02. The Morgan fingerprint density at radius 1 is 1.30 bits per heavy atom. The monoisotopic (exact) mass is 306 g/mol. The van der Waals surface area contributed by atoms with E-state index in [0.717, 1.165) is 18.0 Å². The lowest BCUT2D eigenvalue weighted by atomic mass is 9.85. The van der Waals surface area contributed by atoms with Gasteiger partial charge in [0.15, 0.2) is 0 Å². The number of thiocarbonyl (C=S) groups is 1. The van der Waals surface area contributed by atoms with E-state index >= 15 is 0 Å². The first kappa shape index (κ1) is 14.2. The normalized spacial score (nSPS) is 25.6. The molecule has 1 aliphatic heterocycles. The summed E-state index contributed by atoms with van der Waals surface area (Å²) >= 11 is 7.06. The van der Waals surface area contributed by atoms with Crippen LogP contribution in [-0.2, 0) is 0 Å². The van der Waals surface area contributed by atoms with Gasteiger partial charge in [0.25, 0.3) is 0 Å². The second kappa shape index (κ2) is 5.94. The average Bonchev–Trinajstić information content (AvgIpc) is 2.90. The number of rotatable bonds is 3. The molecular weight excluding hydrogens is 284 g/mol. The number of hydrogen-bond donors (Lipinski definition) is 1. The second-order valence-electron chi connectivity index (χ2n) is 5.81. The molecule has 1 saturated heterocycles. The Morgan fingerprint density at radius 2 is 2.10 bits per heavy atom. The van der Waals surface area contributed by atoms with Crippen LogP contribution in [-0.4, -0.2) is 23.8 Å². The number of thioether (sulfide) groups is 1. The van der Waals surface area contributed by atoms with E-state index in [1.54, 1.807) is 11.8 Å². The third-order valence-electron chi connectivity index (χ3n) is 4.79. The van der Waals surface area contributed by atoms with E-state index in [2.05, 4.69) is 29.4 Å². The van der Waals surface area contributed by atoms with E-state index in [1.807, 2.05) is 0 Å². The van der Waals surface area contributed by atoms with Crippen molar-refractivity contribution in [2.45, 2.75) is 43.0 Å². The molecule has 1 heterocycles. The lowest BCUT2D eigenvalue weighted by molar-refractivity contribution is 0.342. The van der Waals surface area contributed by atoms with E-state index in [9.17, 15) is 0 Å². The fourth-order valence-electron chi connectivity index (χ4n) is 3.88. The molecule has 1 aliphatic carbocycles. The van der Waals surface area contributed by atoms with Crippen molar-refractivity contribution < 1.29 is 0 Å². The molecule has 0 amide bonds. The van der Waals surface area contributed by atoms with E-state index in [4.69, 9.17) is 18.0 Å². The molecule has 4 heteroatoms. The Balaban J connectivity index is 1.99. The van der Waals surface area contributed by atoms with Gasteiger partial charge in [0.1, 0.15) is 4.99 Å². The summed E-state index contributed by atoms with van der Waals surface area (Å²) in [7, 11) is 0. The maximum absolute atomic E-state index is 6.02. The Labute approximate surface area is 131 Å². The summed E-state index contributed by atoms with van der Waals surface area (Å²) in [6, 6.07) is 7.16. The standard InChI is InChI=1S/C16H22N2S2/c1-20-14-8-4-7-13(15(14)16(17)19)18-10-9-11-5-2-3-6-12(11)18/h4,7-8,11-12H,2-3,5-6,9-10H2,1H3,(H2,17,19). The zero-order valence-corrected chi connectivity index (χ0v) is 13.6. The summed E-state index contributed by atoms with van der Waals surface area (Å²) in [4.78, 5) is 4.32. The molecular formula is C16H22N2S2. The highest BCUT2D eigenvalue weighted by Crippen LogP contribution is 2.41. The van der Waals surface area contributed by atoms with Gasteiger partial charge in [-0.3, -0.25) is 0 Å². The van der Waals surface area contributed by atoms with Crippen LogP contribution in [0.2, 0.25) is 0 Å². The number of hydrogen-bond acceptors (Lipinski definition) is 3. The van der Waals surface area contributed by atoms with Crippen LogP contribution < -0.4 is 10.6 Å². The predicted molar refractivity (Wildman–Crippen MR) is 91.8 cm³/mol. The van der Waals surface area contributed by atoms with Crippen LogP contribution in [0.25, 0.3) is 0 Å². The van der Waals surface area contributed by atoms with Gasteiger partial charge in [-0.1, -0.05) is 31.1 Å². The molecule has 108 valence electrons. The number of nitrogens with two attached hydrogens (primary N) is 1. The van der Waals surface area contributed by atoms with Crippen molar-refractivity contribution in [1.29, 1.82) is 0 Å². The van der Waals surface area contributed by atoms with Crippen LogP contribution in [0.4, 0.5) is 5.69 Å². The molecule has 2 N–H and O–H groups in total. The first-order valence-corrected chi connectivity index (χ1v) is 9.09. The van der Waals surface area contributed by atoms with Crippen molar-refractivity contribution in [3.8, 4) is 0 Å². The minimum Gasteiger partial charge on any atom is -0.389 e. The molecule has 0 radical (unpaired) electrons. The topological polar surface area (TPSA) is 29.3 Å². The SMILES string of the molecule is CSc1cccc(N2CCC3CCCCC32)c1C(N)=S. The lowest BCUT2D eigenvalue weighted by Crippen LogP contribution is -2.36. The van der Waals surface area contributed by atoms with Crippen molar-refractivity contribution >= 4 is 34.7 Å². The summed E-state index contributed by atoms with van der Waals surface area (Å²) in [5.74, 6) is 0.876. The second-order valence-corrected chi connectivity index (χ2v) is 7.10. The van der Waals surface area contributed by atoms with Gasteiger partial charge < -0.3 is 10.6 Å². The molecule has 2 fully saturated rings. The third-order valence-corrected chi connectivity index (χ3v) is 5.77. The van der Waals surface area contributed by atoms with Crippen LogP contribution in [0.3, 0.4) is 0 Å². The van der Waals surface area contributed by atoms with E-state index in [1.165, 1.54) is 42.7 Å². The first-order chi connectivity index (χ1) is 9.72. The molecule has 0 spiro atoms. The number of fused-ring (bicyclic) bond motifs is 1. The van der Waals surface area contributed by atoms with Gasteiger partial charge >= 0.3 is 0 Å². The smallest absolute Gasteiger partial charge is 0.107 e. The van der Waals surface area contributed by atoms with Gasteiger partial charge in [-0.25, -0.2) is 0 Å². The van der Waals surface area contributed by atoms with Crippen LogP contribution in [0.1, 0.15) is 37.7 Å². The minimum atomic E-state index is 0.532. The Kier molecular flexibility index (Phi) is 4.22. The van der Waals surface area contributed by atoms with Crippen molar-refractivity contribution in [2.24, 2.45) is 11.7 Å². The van der Waals surface area contributed by atoms with Gasteiger partial charge in [-0.2, -0.15) is 0 Å². The highest BCUT2D eigenvalue weighted by molar-refractivity contribution is 7.98. The highest BCUT2D eigenvalue weighted by atomic mass is 32.2. The summed E-state index contributed by atoms with van der Waals surface area (Å²) in [5.41, 5.74) is 8.37. The fourth-order valence-corrected chi connectivity index (χ4v) is 4.79. The highest BCUT2D eigenvalue weighted by Gasteiger charge is 2.36. The zero-order valence-electron chi connectivity index (χ0n) is 12.0. The quantitative estimate of drug-likeness (QED) is 0.679. The molecule has 0 aromatic heterocycles. The molecule has 2 aliphatic rings. The van der Waals surface area contributed by atoms with Gasteiger partial charge in [0, 0.05) is 28.7 Å². The lowest BCUT2D eigenvalue weighted by Gasteiger charge is -2.34. The van der Waals surface area contributed by atoms with Crippen LogP contribution in [0.15, 0.2) is 23.1 Å². The summed E-state index contributed by atoms with van der Waals surface area (Å²) < 4.78 is 0. The molecule has 0 bridgehead atoms. The maximum Gasteiger partial charge on any atom is 0.107 e. The van der Waals surface area contributed by atoms with Gasteiger partial charge in [-0.15, -0.1) is 11.8 Å². The van der Waals surface area contributed by atoms with E-state index in [0.29, 0.717) is 11.0 Å². The largest absolute Gasteiger partial charge is 0.389 e. The number of nitrogens with zero attached hydrogens (tertiary/aromatic N) is 1. The Bertz CT molecular complexity index is 515. The fraction of sp³-hybridized carbons (Fsp3) is 0.562. The third kappa shape index (κ3) is 2.44. The van der Waals surface area contributed by atoms with Crippen molar-refractivity contribution in [2.75, 3.05) is 17.7 Å². The molecule has 3 rings (SSSR count). The molecule has 1 saturated carbocycles. The van der Waals surface area contributed by atoms with Crippen LogP contribution in [0, 0.1) is 5.92 Å². The molecule has 1 aromatic carbocycles. The van der Waals surface area contributed by atoms with Crippen LogP contribution >= 0.6 is 24.0 Å². The van der Waals surface area contributed by atoms with Gasteiger partial charge in [-0.05, 0) is 43.6 Å². The van der Waals surface area contributed by atoms with Crippen molar-refractivity contribution in [3.63, 3.8) is 0 Å². The molecule has 1 aromatic rings. The molecule has 2 nitrogen and oxygen atoms in total. The summed E-state index contributed by atoms with van der Waals surface area (Å²) in [6.45, 7) is 1.16. The van der Waals surface area contributed by atoms with Gasteiger partial charge in [0.05, 0.1) is 0 Å². The summed E-state index contributed by atoms with van der Waals surface area (Å²) in [5, 5.41) is 0. The van der Waals surface area contributed by atoms with Gasteiger partial charge in [0.2, 0.25) is 0 Å². The Morgan fingerprint density at radius 3 is 2.85 bits per heavy atom. The zero-order chi connectivity index (χ0) is 14.1. The molecule has 2 unspecified atom stereocenters. The van der Waals surface area contributed by atoms with Crippen molar-refractivity contribution in [3.05, 3.63) is 23.8 Å². The first-order valence-electron chi connectivity index (χ1n) is 7.46. The van der Waals surface area contributed by atoms with Crippen LogP contribution in [0.5, 0.6) is 0 Å². The minimum absolute atomic E-state index is 0.532. The van der Waals surface area contributed by atoms with E-state index in [-0.39, 0.29) is 0 Å². The number of anilines is 1. The Hall–Kier alpha value is -0.740. The molecule has 2 atom stereocenters. The predicted octanol–water partition coefficient (Wildman–Crippen LogP) is 3.81.